The molecule has 15 heavy (non-hydrogen) atoms. The van der Waals surface area contributed by atoms with Crippen molar-refractivity contribution in [2.45, 2.75) is 13.3 Å². The standard InChI is InChI=1S/C12H16FNO/c1-9-4-5-11(8-12(9)13)14(3)10(2)6-7-15/h4-5,8,15H,2,6-7H2,1,3H3. The Morgan fingerprint density at radius 3 is 2.73 bits per heavy atom. The van der Waals surface area contributed by atoms with Crippen LogP contribution in [0.4, 0.5) is 10.1 Å². The summed E-state index contributed by atoms with van der Waals surface area (Å²) in [5.41, 5.74) is 2.14. The predicted octanol–water partition coefficient (Wildman–Crippen LogP) is 2.47. The molecular formula is C12H16FNO. The highest BCUT2D eigenvalue weighted by atomic mass is 19.1. The number of aliphatic hydroxyl groups is 1. The van der Waals surface area contributed by atoms with Crippen molar-refractivity contribution in [1.82, 2.24) is 0 Å². The zero-order valence-corrected chi connectivity index (χ0v) is 9.13. The number of aliphatic hydroxyl groups excluding tert-OH is 1. The van der Waals surface area contributed by atoms with Gasteiger partial charge in [-0.3, -0.25) is 0 Å². The first-order valence-electron chi connectivity index (χ1n) is 4.84. The van der Waals surface area contributed by atoms with E-state index in [9.17, 15) is 4.39 Å². The minimum atomic E-state index is -0.226. The van der Waals surface area contributed by atoms with Gasteiger partial charge in [0.15, 0.2) is 0 Å². The summed E-state index contributed by atoms with van der Waals surface area (Å²) in [6.07, 6.45) is 0.492. The van der Waals surface area contributed by atoms with Crippen molar-refractivity contribution in [3.8, 4) is 0 Å². The summed E-state index contributed by atoms with van der Waals surface area (Å²) < 4.78 is 13.3. The van der Waals surface area contributed by atoms with Gasteiger partial charge in [0, 0.05) is 31.5 Å². The molecule has 0 fully saturated rings. The zero-order chi connectivity index (χ0) is 11.4. The highest BCUT2D eigenvalue weighted by molar-refractivity contribution is 5.51. The Bertz CT molecular complexity index is 363. The molecule has 0 unspecified atom stereocenters. The van der Waals surface area contributed by atoms with Gasteiger partial charge < -0.3 is 10.0 Å². The third-order valence-electron chi connectivity index (χ3n) is 2.42. The van der Waals surface area contributed by atoms with Crippen molar-refractivity contribution in [2.24, 2.45) is 0 Å². The highest BCUT2D eigenvalue weighted by Crippen LogP contribution is 2.20. The molecule has 0 atom stereocenters. The first-order chi connectivity index (χ1) is 7.06. The van der Waals surface area contributed by atoms with Gasteiger partial charge >= 0.3 is 0 Å². The van der Waals surface area contributed by atoms with Gasteiger partial charge in [-0.2, -0.15) is 0 Å². The molecular weight excluding hydrogens is 193 g/mol. The summed E-state index contributed by atoms with van der Waals surface area (Å²) in [5, 5.41) is 8.77. The Hall–Kier alpha value is -1.35. The number of rotatable bonds is 4. The van der Waals surface area contributed by atoms with E-state index in [4.69, 9.17) is 5.11 Å². The third-order valence-corrected chi connectivity index (χ3v) is 2.42. The molecule has 1 rings (SSSR count). The first kappa shape index (κ1) is 11.7. The van der Waals surface area contributed by atoms with Crippen LogP contribution < -0.4 is 4.90 Å². The maximum absolute atomic E-state index is 13.3. The number of nitrogens with zero attached hydrogens (tertiary/aromatic N) is 1. The number of anilines is 1. The molecule has 82 valence electrons. The van der Waals surface area contributed by atoms with E-state index in [0.717, 1.165) is 11.4 Å². The maximum atomic E-state index is 13.3. The molecule has 2 nitrogen and oxygen atoms in total. The fourth-order valence-electron chi connectivity index (χ4n) is 1.27. The first-order valence-corrected chi connectivity index (χ1v) is 4.84. The van der Waals surface area contributed by atoms with Crippen molar-refractivity contribution in [3.05, 3.63) is 41.9 Å². The number of hydrogen-bond donors (Lipinski definition) is 1. The number of benzene rings is 1. The Morgan fingerprint density at radius 2 is 2.20 bits per heavy atom. The van der Waals surface area contributed by atoms with Crippen LogP contribution in [0.25, 0.3) is 0 Å². The summed E-state index contributed by atoms with van der Waals surface area (Å²) in [6, 6.07) is 5.03. The summed E-state index contributed by atoms with van der Waals surface area (Å²) in [5.74, 6) is -0.226. The second-order valence-electron chi connectivity index (χ2n) is 3.53. The van der Waals surface area contributed by atoms with Gasteiger partial charge in [-0.05, 0) is 24.6 Å². The van der Waals surface area contributed by atoms with Gasteiger partial charge in [0.1, 0.15) is 5.82 Å². The molecule has 0 aliphatic heterocycles. The highest BCUT2D eigenvalue weighted by Gasteiger charge is 2.06. The molecule has 1 aromatic rings. The molecule has 0 bridgehead atoms. The van der Waals surface area contributed by atoms with Gasteiger partial charge in [0.25, 0.3) is 0 Å². The van der Waals surface area contributed by atoms with Crippen LogP contribution >= 0.6 is 0 Å². The predicted molar refractivity (Wildman–Crippen MR) is 60.4 cm³/mol. The van der Waals surface area contributed by atoms with E-state index in [2.05, 4.69) is 6.58 Å². The second-order valence-corrected chi connectivity index (χ2v) is 3.53. The van der Waals surface area contributed by atoms with Gasteiger partial charge in [-0.1, -0.05) is 12.6 Å². The molecule has 0 aliphatic carbocycles. The second kappa shape index (κ2) is 4.94. The van der Waals surface area contributed by atoms with Crippen molar-refractivity contribution in [3.63, 3.8) is 0 Å². The van der Waals surface area contributed by atoms with E-state index >= 15 is 0 Å². The van der Waals surface area contributed by atoms with Crippen LogP contribution in [0.2, 0.25) is 0 Å². The Morgan fingerprint density at radius 1 is 1.53 bits per heavy atom. The lowest BCUT2D eigenvalue weighted by Crippen LogP contribution is -2.16. The van der Waals surface area contributed by atoms with Crippen molar-refractivity contribution >= 4 is 5.69 Å². The van der Waals surface area contributed by atoms with Crippen LogP contribution in [0.3, 0.4) is 0 Å². The molecule has 0 spiro atoms. The number of hydrogen-bond acceptors (Lipinski definition) is 2. The maximum Gasteiger partial charge on any atom is 0.128 e. The molecule has 1 N–H and O–H groups in total. The molecule has 0 aliphatic rings. The van der Waals surface area contributed by atoms with Gasteiger partial charge in [0.05, 0.1) is 0 Å². The zero-order valence-electron chi connectivity index (χ0n) is 9.13. The van der Waals surface area contributed by atoms with Gasteiger partial charge in [-0.15, -0.1) is 0 Å². The van der Waals surface area contributed by atoms with Crippen molar-refractivity contribution < 1.29 is 9.50 Å². The normalized spacial score (nSPS) is 10.1. The lowest BCUT2D eigenvalue weighted by atomic mass is 10.2. The molecule has 1 aromatic carbocycles. The van der Waals surface area contributed by atoms with Crippen LogP contribution in [0.15, 0.2) is 30.5 Å². The van der Waals surface area contributed by atoms with Crippen LogP contribution in [0, 0.1) is 12.7 Å². The van der Waals surface area contributed by atoms with E-state index in [-0.39, 0.29) is 12.4 Å². The number of aryl methyl sites for hydroxylation is 1. The summed E-state index contributed by atoms with van der Waals surface area (Å²) in [6.45, 7) is 5.59. The van der Waals surface area contributed by atoms with Crippen molar-refractivity contribution in [1.29, 1.82) is 0 Å². The minimum Gasteiger partial charge on any atom is -0.396 e. The van der Waals surface area contributed by atoms with Crippen LogP contribution in [0.1, 0.15) is 12.0 Å². The monoisotopic (exact) mass is 209 g/mol. The van der Waals surface area contributed by atoms with Crippen LogP contribution in [-0.2, 0) is 0 Å². The van der Waals surface area contributed by atoms with Gasteiger partial charge in [-0.25, -0.2) is 4.39 Å². The quantitative estimate of drug-likeness (QED) is 0.823. The Kier molecular flexibility index (Phi) is 3.86. The molecule has 0 heterocycles. The molecule has 0 saturated heterocycles. The SMILES string of the molecule is C=C(CCO)N(C)c1ccc(C)c(F)c1. The van der Waals surface area contributed by atoms with Gasteiger partial charge in [0.2, 0.25) is 0 Å². The molecule has 0 saturated carbocycles. The summed E-state index contributed by atoms with van der Waals surface area (Å²) in [4.78, 5) is 1.78. The average Bonchev–Trinajstić information content (AvgIpc) is 2.21. The fraction of sp³-hybridized carbons (Fsp3) is 0.333. The smallest absolute Gasteiger partial charge is 0.128 e. The molecule has 0 radical (unpaired) electrons. The fourth-order valence-corrected chi connectivity index (χ4v) is 1.27. The van der Waals surface area contributed by atoms with Crippen molar-refractivity contribution in [2.75, 3.05) is 18.6 Å². The average molecular weight is 209 g/mol. The third kappa shape index (κ3) is 2.80. The van der Waals surface area contributed by atoms with Crippen LogP contribution in [-0.4, -0.2) is 18.8 Å². The minimum absolute atomic E-state index is 0.0531. The lowest BCUT2D eigenvalue weighted by Gasteiger charge is -2.21. The topological polar surface area (TPSA) is 23.5 Å². The molecule has 0 amide bonds. The van der Waals surface area contributed by atoms with Crippen LogP contribution in [0.5, 0.6) is 0 Å². The Labute approximate surface area is 89.7 Å². The van der Waals surface area contributed by atoms with E-state index in [1.807, 2.05) is 13.1 Å². The summed E-state index contributed by atoms with van der Waals surface area (Å²) >= 11 is 0. The van der Waals surface area contributed by atoms with E-state index in [1.54, 1.807) is 17.9 Å². The lowest BCUT2D eigenvalue weighted by molar-refractivity contribution is 0.298. The van der Waals surface area contributed by atoms with E-state index in [0.29, 0.717) is 12.0 Å². The molecule has 3 heteroatoms. The molecule has 0 aromatic heterocycles. The van der Waals surface area contributed by atoms with E-state index < -0.39 is 0 Å². The number of halogens is 1. The Balaban J connectivity index is 2.86. The van der Waals surface area contributed by atoms with E-state index in [1.165, 1.54) is 6.07 Å². The largest absolute Gasteiger partial charge is 0.396 e. The summed E-state index contributed by atoms with van der Waals surface area (Å²) in [7, 11) is 1.81.